The Morgan fingerprint density at radius 3 is 2.79 bits per heavy atom. The summed E-state index contributed by atoms with van der Waals surface area (Å²) in [6.07, 6.45) is 4.87. The molecule has 1 aromatic heterocycles. The van der Waals surface area contributed by atoms with Crippen LogP contribution in [0.3, 0.4) is 0 Å². The predicted octanol–water partition coefficient (Wildman–Crippen LogP) is 2.22. The molecule has 0 bridgehead atoms. The minimum absolute atomic E-state index is 0.759. The average molecular weight is 265 g/mol. The number of nitrogens with zero attached hydrogens (tertiary/aromatic N) is 2. The van der Waals surface area contributed by atoms with Crippen molar-refractivity contribution in [3.8, 4) is 0 Å². The van der Waals surface area contributed by atoms with Crippen LogP contribution in [0.1, 0.15) is 43.1 Å². The summed E-state index contributed by atoms with van der Waals surface area (Å²) < 4.78 is 7.63. The Morgan fingerprint density at radius 1 is 1.32 bits per heavy atom. The second-order valence-electron chi connectivity index (χ2n) is 5.46. The van der Waals surface area contributed by atoms with E-state index in [1.807, 2.05) is 0 Å². The molecule has 0 amide bonds. The number of aromatic nitrogens is 2. The minimum Gasteiger partial charge on any atom is -0.380 e. The standard InChI is InChI=1S/C15H27N3O/c1-4-10-19-11-9-18-13(3)15(12(2)17-18)7-8-16-14-5-6-14/h14,16H,4-11H2,1-3H3. The van der Waals surface area contributed by atoms with E-state index in [0.717, 1.165) is 45.2 Å². The van der Waals surface area contributed by atoms with Gasteiger partial charge in [-0.05, 0) is 51.6 Å². The van der Waals surface area contributed by atoms with Gasteiger partial charge in [0.15, 0.2) is 0 Å². The highest BCUT2D eigenvalue weighted by Crippen LogP contribution is 2.19. The lowest BCUT2D eigenvalue weighted by atomic mass is 10.1. The van der Waals surface area contributed by atoms with Gasteiger partial charge in [0.2, 0.25) is 0 Å². The highest BCUT2D eigenvalue weighted by Gasteiger charge is 2.20. The fourth-order valence-electron chi connectivity index (χ4n) is 2.40. The van der Waals surface area contributed by atoms with Crippen LogP contribution in [-0.2, 0) is 17.7 Å². The Kier molecular flexibility index (Phi) is 5.40. The van der Waals surface area contributed by atoms with Gasteiger partial charge in [-0.1, -0.05) is 6.92 Å². The summed E-state index contributed by atoms with van der Waals surface area (Å²) in [6.45, 7) is 9.96. The molecule has 1 fully saturated rings. The largest absolute Gasteiger partial charge is 0.380 e. The van der Waals surface area contributed by atoms with Gasteiger partial charge in [0.1, 0.15) is 0 Å². The molecule has 1 heterocycles. The summed E-state index contributed by atoms with van der Waals surface area (Å²) in [5.41, 5.74) is 3.88. The van der Waals surface area contributed by atoms with E-state index in [0.29, 0.717) is 0 Å². The van der Waals surface area contributed by atoms with Crippen molar-refractivity contribution in [2.45, 2.75) is 59.0 Å². The summed E-state index contributed by atoms with van der Waals surface area (Å²) in [4.78, 5) is 0. The van der Waals surface area contributed by atoms with Gasteiger partial charge in [0, 0.05) is 18.3 Å². The summed E-state index contributed by atoms with van der Waals surface area (Å²) >= 11 is 0. The molecule has 0 radical (unpaired) electrons. The molecule has 4 heteroatoms. The molecular formula is C15H27N3O. The molecule has 1 aliphatic carbocycles. The van der Waals surface area contributed by atoms with Crippen LogP contribution < -0.4 is 5.32 Å². The van der Waals surface area contributed by atoms with E-state index in [1.54, 1.807) is 0 Å². The van der Waals surface area contributed by atoms with Gasteiger partial charge in [0.25, 0.3) is 0 Å². The predicted molar refractivity (Wildman–Crippen MR) is 77.5 cm³/mol. The maximum atomic E-state index is 5.54. The van der Waals surface area contributed by atoms with Gasteiger partial charge in [-0.2, -0.15) is 5.10 Å². The second kappa shape index (κ2) is 7.06. The van der Waals surface area contributed by atoms with Crippen LogP contribution in [0.25, 0.3) is 0 Å². The first-order valence-corrected chi connectivity index (χ1v) is 7.56. The molecule has 1 saturated carbocycles. The molecule has 1 aliphatic rings. The molecule has 1 aromatic rings. The van der Waals surface area contributed by atoms with Gasteiger partial charge in [0.05, 0.1) is 18.8 Å². The van der Waals surface area contributed by atoms with Crippen molar-refractivity contribution in [2.75, 3.05) is 19.8 Å². The van der Waals surface area contributed by atoms with Crippen LogP contribution >= 0.6 is 0 Å². The maximum Gasteiger partial charge on any atom is 0.0662 e. The quantitative estimate of drug-likeness (QED) is 0.696. The van der Waals surface area contributed by atoms with Gasteiger partial charge < -0.3 is 10.1 Å². The zero-order valence-electron chi connectivity index (χ0n) is 12.5. The molecule has 0 atom stereocenters. The number of ether oxygens (including phenoxy) is 1. The van der Waals surface area contributed by atoms with E-state index in [9.17, 15) is 0 Å². The number of nitrogens with one attached hydrogen (secondary N) is 1. The van der Waals surface area contributed by atoms with E-state index in [4.69, 9.17) is 4.74 Å². The average Bonchev–Trinajstić information content (AvgIpc) is 3.17. The molecule has 0 spiro atoms. The van der Waals surface area contributed by atoms with Gasteiger partial charge in [-0.25, -0.2) is 0 Å². The maximum absolute atomic E-state index is 5.54. The number of hydrogen-bond donors (Lipinski definition) is 1. The Morgan fingerprint density at radius 2 is 2.11 bits per heavy atom. The Balaban J connectivity index is 1.82. The van der Waals surface area contributed by atoms with E-state index >= 15 is 0 Å². The normalized spacial score (nSPS) is 15.1. The van der Waals surface area contributed by atoms with E-state index in [2.05, 4.69) is 35.9 Å². The molecule has 4 nitrogen and oxygen atoms in total. The van der Waals surface area contributed by atoms with Crippen molar-refractivity contribution in [2.24, 2.45) is 0 Å². The number of hydrogen-bond acceptors (Lipinski definition) is 3. The van der Waals surface area contributed by atoms with Gasteiger partial charge in [-0.3, -0.25) is 4.68 Å². The van der Waals surface area contributed by atoms with Crippen LogP contribution in [0, 0.1) is 13.8 Å². The van der Waals surface area contributed by atoms with Crippen molar-refractivity contribution in [1.29, 1.82) is 0 Å². The van der Waals surface area contributed by atoms with Crippen molar-refractivity contribution in [1.82, 2.24) is 15.1 Å². The van der Waals surface area contributed by atoms with Crippen molar-refractivity contribution in [3.05, 3.63) is 17.0 Å². The monoisotopic (exact) mass is 265 g/mol. The lowest BCUT2D eigenvalue weighted by Gasteiger charge is -2.06. The first kappa shape index (κ1) is 14.5. The smallest absolute Gasteiger partial charge is 0.0662 e. The molecule has 2 rings (SSSR count). The van der Waals surface area contributed by atoms with Crippen molar-refractivity contribution < 1.29 is 4.74 Å². The minimum atomic E-state index is 0.759. The lowest BCUT2D eigenvalue weighted by Crippen LogP contribution is -2.19. The van der Waals surface area contributed by atoms with E-state index in [1.165, 1.54) is 29.8 Å². The topological polar surface area (TPSA) is 39.1 Å². The third kappa shape index (κ3) is 4.32. The van der Waals surface area contributed by atoms with E-state index in [-0.39, 0.29) is 0 Å². The Hall–Kier alpha value is -0.870. The third-order valence-electron chi connectivity index (χ3n) is 3.71. The summed E-state index contributed by atoms with van der Waals surface area (Å²) in [5.74, 6) is 0. The molecule has 19 heavy (non-hydrogen) atoms. The molecule has 0 saturated heterocycles. The summed E-state index contributed by atoms with van der Waals surface area (Å²) in [6, 6.07) is 0.790. The Bertz CT molecular complexity index is 396. The Labute approximate surface area is 116 Å². The molecule has 1 N–H and O–H groups in total. The summed E-state index contributed by atoms with van der Waals surface area (Å²) in [5, 5.41) is 8.20. The number of aryl methyl sites for hydroxylation is 1. The highest BCUT2D eigenvalue weighted by molar-refractivity contribution is 5.24. The highest BCUT2D eigenvalue weighted by atomic mass is 16.5. The van der Waals surface area contributed by atoms with Crippen LogP contribution in [0.15, 0.2) is 0 Å². The molecule has 108 valence electrons. The van der Waals surface area contributed by atoms with Crippen LogP contribution in [-0.4, -0.2) is 35.6 Å². The zero-order valence-corrected chi connectivity index (χ0v) is 12.5. The summed E-state index contributed by atoms with van der Waals surface area (Å²) in [7, 11) is 0. The third-order valence-corrected chi connectivity index (χ3v) is 3.71. The molecular weight excluding hydrogens is 238 g/mol. The fourth-order valence-corrected chi connectivity index (χ4v) is 2.40. The fraction of sp³-hybridized carbons (Fsp3) is 0.800. The van der Waals surface area contributed by atoms with Gasteiger partial charge >= 0.3 is 0 Å². The van der Waals surface area contributed by atoms with Crippen LogP contribution in [0.5, 0.6) is 0 Å². The van der Waals surface area contributed by atoms with Crippen molar-refractivity contribution >= 4 is 0 Å². The SMILES string of the molecule is CCCOCCn1nc(C)c(CCNC2CC2)c1C. The van der Waals surface area contributed by atoms with Crippen molar-refractivity contribution in [3.63, 3.8) is 0 Å². The number of rotatable bonds is 9. The molecule has 0 aromatic carbocycles. The second-order valence-corrected chi connectivity index (χ2v) is 5.46. The lowest BCUT2D eigenvalue weighted by molar-refractivity contribution is 0.124. The van der Waals surface area contributed by atoms with Crippen LogP contribution in [0.4, 0.5) is 0 Å². The molecule has 0 unspecified atom stereocenters. The van der Waals surface area contributed by atoms with Gasteiger partial charge in [-0.15, -0.1) is 0 Å². The van der Waals surface area contributed by atoms with Crippen LogP contribution in [0.2, 0.25) is 0 Å². The zero-order chi connectivity index (χ0) is 13.7. The molecule has 0 aliphatic heterocycles. The first-order chi connectivity index (χ1) is 9.22. The first-order valence-electron chi connectivity index (χ1n) is 7.56. The van der Waals surface area contributed by atoms with E-state index < -0.39 is 0 Å².